The van der Waals surface area contributed by atoms with E-state index in [1.54, 1.807) is 11.3 Å². The minimum atomic E-state index is 0.810. The van der Waals surface area contributed by atoms with E-state index >= 15 is 0 Å². The van der Waals surface area contributed by atoms with E-state index in [-0.39, 0.29) is 0 Å². The SMILES string of the molecule is c1csc(CNCc2nnc3n2CCCC3)c1. The van der Waals surface area contributed by atoms with Gasteiger partial charge in [-0.25, -0.2) is 0 Å². The maximum atomic E-state index is 4.27. The molecule has 0 radical (unpaired) electrons. The Morgan fingerprint density at radius 1 is 1.29 bits per heavy atom. The molecule has 0 amide bonds. The summed E-state index contributed by atoms with van der Waals surface area (Å²) in [6.07, 6.45) is 3.58. The molecule has 0 fully saturated rings. The van der Waals surface area contributed by atoms with Crippen LogP contribution in [0, 0.1) is 0 Å². The first-order valence-electron chi connectivity index (χ1n) is 6.07. The third kappa shape index (κ3) is 2.40. The van der Waals surface area contributed by atoms with Crippen LogP contribution in [0.4, 0.5) is 0 Å². The lowest BCUT2D eigenvalue weighted by atomic mass is 10.2. The Bertz CT molecular complexity index is 475. The summed E-state index contributed by atoms with van der Waals surface area (Å²) < 4.78 is 2.27. The Kier molecular flexibility index (Phi) is 3.20. The van der Waals surface area contributed by atoms with Gasteiger partial charge < -0.3 is 9.88 Å². The standard InChI is InChI=1S/C12H16N4S/c1-2-6-16-11(5-1)14-15-12(16)9-13-8-10-4-3-7-17-10/h3-4,7,13H,1-2,5-6,8-9H2. The van der Waals surface area contributed by atoms with Gasteiger partial charge in [0.25, 0.3) is 0 Å². The maximum absolute atomic E-state index is 4.27. The van der Waals surface area contributed by atoms with Crippen LogP contribution < -0.4 is 5.32 Å². The number of rotatable bonds is 4. The molecule has 0 saturated carbocycles. The van der Waals surface area contributed by atoms with Crippen LogP contribution in [0.2, 0.25) is 0 Å². The monoisotopic (exact) mass is 248 g/mol. The average molecular weight is 248 g/mol. The van der Waals surface area contributed by atoms with Crippen molar-refractivity contribution in [3.05, 3.63) is 34.0 Å². The Labute approximate surface area is 105 Å². The maximum Gasteiger partial charge on any atom is 0.147 e. The lowest BCUT2D eigenvalue weighted by Gasteiger charge is -2.14. The summed E-state index contributed by atoms with van der Waals surface area (Å²) in [6.45, 7) is 2.81. The fourth-order valence-corrected chi connectivity index (χ4v) is 2.88. The molecule has 2 aromatic heterocycles. The molecule has 1 aliphatic rings. The lowest BCUT2D eigenvalue weighted by molar-refractivity contribution is 0.497. The second-order valence-corrected chi connectivity index (χ2v) is 5.36. The van der Waals surface area contributed by atoms with Crippen molar-refractivity contribution in [2.24, 2.45) is 0 Å². The third-order valence-corrected chi connectivity index (χ3v) is 3.97. The number of hydrogen-bond acceptors (Lipinski definition) is 4. The molecule has 90 valence electrons. The summed E-state index contributed by atoms with van der Waals surface area (Å²) in [5.41, 5.74) is 0. The van der Waals surface area contributed by atoms with Crippen molar-refractivity contribution in [1.82, 2.24) is 20.1 Å². The number of thiophene rings is 1. The van der Waals surface area contributed by atoms with Crippen LogP contribution >= 0.6 is 11.3 Å². The van der Waals surface area contributed by atoms with Crippen molar-refractivity contribution in [3.8, 4) is 0 Å². The van der Waals surface area contributed by atoms with E-state index in [1.807, 2.05) is 0 Å². The zero-order valence-corrected chi connectivity index (χ0v) is 10.5. The van der Waals surface area contributed by atoms with Crippen LogP contribution in [-0.2, 0) is 26.1 Å². The molecule has 3 rings (SSSR count). The smallest absolute Gasteiger partial charge is 0.147 e. The molecule has 0 unspecified atom stereocenters. The molecule has 0 saturated heterocycles. The van der Waals surface area contributed by atoms with Crippen LogP contribution in [-0.4, -0.2) is 14.8 Å². The van der Waals surface area contributed by atoms with Crippen LogP contribution in [0.3, 0.4) is 0 Å². The van der Waals surface area contributed by atoms with Gasteiger partial charge in [0.15, 0.2) is 0 Å². The molecule has 5 heteroatoms. The lowest BCUT2D eigenvalue weighted by Crippen LogP contribution is -2.19. The third-order valence-electron chi connectivity index (χ3n) is 3.10. The van der Waals surface area contributed by atoms with Gasteiger partial charge in [-0.3, -0.25) is 0 Å². The highest BCUT2D eigenvalue weighted by Gasteiger charge is 2.14. The van der Waals surface area contributed by atoms with E-state index in [9.17, 15) is 0 Å². The Hall–Kier alpha value is -1.20. The van der Waals surface area contributed by atoms with Crippen LogP contribution in [0.15, 0.2) is 17.5 Å². The number of hydrogen-bond donors (Lipinski definition) is 1. The van der Waals surface area contributed by atoms with Crippen LogP contribution in [0.1, 0.15) is 29.4 Å². The number of fused-ring (bicyclic) bond motifs is 1. The van der Waals surface area contributed by atoms with Crippen molar-refractivity contribution in [3.63, 3.8) is 0 Å². The predicted octanol–water partition coefficient (Wildman–Crippen LogP) is 1.97. The first-order chi connectivity index (χ1) is 8.43. The topological polar surface area (TPSA) is 42.7 Å². The molecular formula is C12H16N4S. The normalized spacial score (nSPS) is 14.8. The van der Waals surface area contributed by atoms with E-state index < -0.39 is 0 Å². The molecule has 2 aromatic rings. The van der Waals surface area contributed by atoms with Gasteiger partial charge in [-0.2, -0.15) is 0 Å². The molecule has 1 aliphatic heterocycles. The quantitative estimate of drug-likeness (QED) is 0.899. The molecule has 17 heavy (non-hydrogen) atoms. The van der Waals surface area contributed by atoms with Crippen LogP contribution in [0.5, 0.6) is 0 Å². The summed E-state index contributed by atoms with van der Waals surface area (Å²) in [6, 6.07) is 4.23. The van der Waals surface area contributed by atoms with E-state index in [1.165, 1.54) is 17.7 Å². The molecule has 0 aliphatic carbocycles. The van der Waals surface area contributed by atoms with Gasteiger partial charge in [0, 0.05) is 24.4 Å². The van der Waals surface area contributed by atoms with Crippen molar-refractivity contribution in [2.75, 3.05) is 0 Å². The zero-order valence-electron chi connectivity index (χ0n) is 9.72. The summed E-state index contributed by atoms with van der Waals surface area (Å²) in [5, 5.41) is 14.1. The zero-order chi connectivity index (χ0) is 11.5. The first-order valence-corrected chi connectivity index (χ1v) is 6.95. The molecular weight excluding hydrogens is 232 g/mol. The largest absolute Gasteiger partial charge is 0.314 e. The first kappa shape index (κ1) is 10.9. The number of nitrogens with zero attached hydrogens (tertiary/aromatic N) is 3. The van der Waals surface area contributed by atoms with Crippen LogP contribution in [0.25, 0.3) is 0 Å². The minimum Gasteiger partial charge on any atom is -0.314 e. The van der Waals surface area contributed by atoms with E-state index in [0.717, 1.165) is 37.7 Å². The number of aryl methyl sites for hydroxylation is 1. The summed E-state index contributed by atoms with van der Waals surface area (Å²) in [5.74, 6) is 2.24. The molecule has 1 N–H and O–H groups in total. The predicted molar refractivity (Wildman–Crippen MR) is 67.8 cm³/mol. The molecule has 0 atom stereocenters. The summed E-state index contributed by atoms with van der Waals surface area (Å²) in [7, 11) is 0. The van der Waals surface area contributed by atoms with Crippen molar-refractivity contribution in [2.45, 2.75) is 38.9 Å². The molecule has 4 nitrogen and oxygen atoms in total. The Morgan fingerprint density at radius 3 is 3.18 bits per heavy atom. The van der Waals surface area contributed by atoms with Gasteiger partial charge in [-0.05, 0) is 24.3 Å². The Morgan fingerprint density at radius 2 is 2.29 bits per heavy atom. The van der Waals surface area contributed by atoms with E-state index in [0.29, 0.717) is 0 Å². The van der Waals surface area contributed by atoms with Crippen molar-refractivity contribution < 1.29 is 0 Å². The van der Waals surface area contributed by atoms with Gasteiger partial charge >= 0.3 is 0 Å². The average Bonchev–Trinajstić information content (AvgIpc) is 2.99. The van der Waals surface area contributed by atoms with Crippen molar-refractivity contribution in [1.29, 1.82) is 0 Å². The van der Waals surface area contributed by atoms with Gasteiger partial charge in [0.05, 0.1) is 6.54 Å². The highest BCUT2D eigenvalue weighted by molar-refractivity contribution is 7.09. The van der Waals surface area contributed by atoms with E-state index in [4.69, 9.17) is 0 Å². The number of aromatic nitrogens is 3. The second kappa shape index (κ2) is 4.98. The van der Waals surface area contributed by atoms with E-state index in [2.05, 4.69) is 37.6 Å². The van der Waals surface area contributed by atoms with Gasteiger partial charge in [0.1, 0.15) is 11.6 Å². The van der Waals surface area contributed by atoms with Gasteiger partial charge in [-0.15, -0.1) is 21.5 Å². The summed E-state index contributed by atoms with van der Waals surface area (Å²) >= 11 is 1.78. The fraction of sp³-hybridized carbons (Fsp3) is 0.500. The molecule has 0 spiro atoms. The van der Waals surface area contributed by atoms with Gasteiger partial charge in [0.2, 0.25) is 0 Å². The second-order valence-electron chi connectivity index (χ2n) is 4.32. The molecule has 3 heterocycles. The van der Waals surface area contributed by atoms with Crippen molar-refractivity contribution >= 4 is 11.3 Å². The summed E-state index contributed by atoms with van der Waals surface area (Å²) in [4.78, 5) is 1.36. The highest BCUT2D eigenvalue weighted by Crippen LogP contribution is 2.14. The Balaban J connectivity index is 1.60. The number of nitrogens with one attached hydrogen (secondary N) is 1. The minimum absolute atomic E-state index is 0.810. The highest BCUT2D eigenvalue weighted by atomic mass is 32.1. The molecule has 0 bridgehead atoms. The molecule has 0 aromatic carbocycles. The van der Waals surface area contributed by atoms with Gasteiger partial charge in [-0.1, -0.05) is 6.07 Å². The fourth-order valence-electron chi connectivity index (χ4n) is 2.21.